The predicted molar refractivity (Wildman–Crippen MR) is 123 cm³/mol. The molecule has 0 saturated heterocycles. The number of hydrogen-bond donors (Lipinski definition) is 1. The summed E-state index contributed by atoms with van der Waals surface area (Å²) in [5, 5.41) is 16.1. The molecule has 6 rings (SSSR count). The number of hydrogen-bond acceptors (Lipinski definition) is 8. The van der Waals surface area contributed by atoms with E-state index >= 15 is 0 Å². The van der Waals surface area contributed by atoms with Crippen molar-refractivity contribution in [3.63, 3.8) is 0 Å². The van der Waals surface area contributed by atoms with E-state index in [4.69, 9.17) is 4.74 Å². The molecule has 34 heavy (non-hydrogen) atoms. The fourth-order valence-corrected chi connectivity index (χ4v) is 4.43. The van der Waals surface area contributed by atoms with Gasteiger partial charge in [-0.1, -0.05) is 0 Å². The zero-order chi connectivity index (χ0) is 23.2. The molecule has 11 heteroatoms. The summed E-state index contributed by atoms with van der Waals surface area (Å²) in [5.41, 5.74) is 5.46. The van der Waals surface area contributed by atoms with Crippen LogP contribution in [0, 0.1) is 5.82 Å². The SMILES string of the molecule is CN(C)Cc1ccc(-c2cnc(NCc3c(F)ccc4c3CCO4)n3cnnc23)c2ncnn12. The number of rotatable bonds is 6. The maximum atomic E-state index is 14.6. The van der Waals surface area contributed by atoms with E-state index in [2.05, 4.69) is 35.5 Å². The van der Waals surface area contributed by atoms with E-state index in [1.54, 1.807) is 29.3 Å². The molecule has 1 aliphatic rings. The summed E-state index contributed by atoms with van der Waals surface area (Å²) < 4.78 is 23.7. The Bertz CT molecular complexity index is 1520. The monoisotopic (exact) mass is 459 g/mol. The number of nitrogens with zero attached hydrogens (tertiary/aromatic N) is 8. The second kappa shape index (κ2) is 8.03. The topological polar surface area (TPSA) is 97.8 Å². The molecule has 0 spiro atoms. The highest BCUT2D eigenvalue weighted by Crippen LogP contribution is 2.31. The van der Waals surface area contributed by atoms with Gasteiger partial charge in [0.15, 0.2) is 11.3 Å². The number of fused-ring (bicyclic) bond motifs is 3. The number of nitrogens with one attached hydrogen (secondary N) is 1. The smallest absolute Gasteiger partial charge is 0.210 e. The van der Waals surface area contributed by atoms with Crippen molar-refractivity contribution in [2.45, 2.75) is 19.5 Å². The van der Waals surface area contributed by atoms with Gasteiger partial charge < -0.3 is 15.0 Å². The van der Waals surface area contributed by atoms with Crippen LogP contribution in [0.4, 0.5) is 10.3 Å². The minimum Gasteiger partial charge on any atom is -0.493 e. The molecule has 0 atom stereocenters. The Morgan fingerprint density at radius 3 is 2.91 bits per heavy atom. The van der Waals surface area contributed by atoms with E-state index in [1.165, 1.54) is 6.07 Å². The molecule has 0 radical (unpaired) electrons. The second-order valence-electron chi connectivity index (χ2n) is 8.45. The molecule has 1 aromatic carbocycles. The normalized spacial score (nSPS) is 13.1. The van der Waals surface area contributed by atoms with Crippen LogP contribution in [0.15, 0.2) is 43.1 Å². The zero-order valence-electron chi connectivity index (χ0n) is 18.7. The average molecular weight is 459 g/mol. The van der Waals surface area contributed by atoms with E-state index in [0.717, 1.165) is 34.7 Å². The fraction of sp³-hybridized carbons (Fsp3) is 0.261. The van der Waals surface area contributed by atoms with E-state index in [0.29, 0.717) is 35.8 Å². The van der Waals surface area contributed by atoms with Gasteiger partial charge in [-0.2, -0.15) is 5.10 Å². The molecule has 0 aliphatic carbocycles. The Balaban J connectivity index is 1.37. The van der Waals surface area contributed by atoms with Crippen molar-refractivity contribution < 1.29 is 9.13 Å². The van der Waals surface area contributed by atoms with Crippen molar-refractivity contribution in [1.82, 2.24) is 39.1 Å². The van der Waals surface area contributed by atoms with Crippen molar-refractivity contribution in [2.75, 3.05) is 26.0 Å². The Morgan fingerprint density at radius 1 is 1.12 bits per heavy atom. The summed E-state index contributed by atoms with van der Waals surface area (Å²) >= 11 is 0. The lowest BCUT2D eigenvalue weighted by atomic mass is 10.0. The Kier molecular flexibility index (Phi) is 4.84. The fourth-order valence-electron chi connectivity index (χ4n) is 4.43. The van der Waals surface area contributed by atoms with Gasteiger partial charge in [0.05, 0.1) is 12.3 Å². The van der Waals surface area contributed by atoms with Crippen LogP contribution in [0.25, 0.3) is 22.4 Å². The van der Waals surface area contributed by atoms with Gasteiger partial charge in [-0.05, 0) is 38.4 Å². The van der Waals surface area contributed by atoms with Gasteiger partial charge in [-0.15, -0.1) is 10.2 Å². The predicted octanol–water partition coefficient (Wildman–Crippen LogP) is 2.58. The largest absolute Gasteiger partial charge is 0.493 e. The molecule has 4 aromatic heterocycles. The van der Waals surface area contributed by atoms with E-state index in [-0.39, 0.29) is 12.4 Å². The van der Waals surface area contributed by atoms with Gasteiger partial charge >= 0.3 is 0 Å². The number of aromatic nitrogens is 7. The van der Waals surface area contributed by atoms with Gasteiger partial charge in [0, 0.05) is 48.0 Å². The highest BCUT2D eigenvalue weighted by molar-refractivity contribution is 5.86. The maximum Gasteiger partial charge on any atom is 0.210 e. The first-order chi connectivity index (χ1) is 16.6. The highest BCUT2D eigenvalue weighted by atomic mass is 19.1. The van der Waals surface area contributed by atoms with Crippen LogP contribution in [-0.2, 0) is 19.5 Å². The molecule has 0 saturated carbocycles. The number of halogens is 1. The van der Waals surface area contributed by atoms with Crippen molar-refractivity contribution in [2.24, 2.45) is 0 Å². The third kappa shape index (κ3) is 3.32. The Hall–Kier alpha value is -4.12. The maximum absolute atomic E-state index is 14.6. The van der Waals surface area contributed by atoms with Gasteiger partial charge in [0.25, 0.3) is 0 Å². The molecule has 10 nitrogen and oxygen atoms in total. The number of ether oxygens (including phenoxy) is 1. The van der Waals surface area contributed by atoms with Gasteiger partial charge in [0.1, 0.15) is 24.2 Å². The van der Waals surface area contributed by atoms with Crippen LogP contribution < -0.4 is 10.1 Å². The van der Waals surface area contributed by atoms with Gasteiger partial charge in [-0.25, -0.2) is 18.9 Å². The molecule has 0 unspecified atom stereocenters. The third-order valence-electron chi connectivity index (χ3n) is 5.97. The minimum absolute atomic E-state index is 0.264. The highest BCUT2D eigenvalue weighted by Gasteiger charge is 2.21. The standard InChI is InChI=1S/C23H22FN9O/c1-31(2)11-14-3-4-16(21-27-12-29-33(14)21)18-10-26-23(32-13-28-30-22(18)32)25-9-17-15-7-8-34-20(15)6-5-19(17)24/h3-6,10,12-13H,7-9,11H2,1-2H3,(H,25,26). The molecule has 172 valence electrons. The summed E-state index contributed by atoms with van der Waals surface area (Å²) in [6, 6.07) is 7.15. The molecule has 5 aromatic rings. The van der Waals surface area contributed by atoms with E-state index < -0.39 is 0 Å². The number of anilines is 1. The van der Waals surface area contributed by atoms with Gasteiger partial charge in [-0.3, -0.25) is 4.40 Å². The van der Waals surface area contributed by atoms with Crippen molar-refractivity contribution in [3.8, 4) is 16.9 Å². The molecular weight excluding hydrogens is 437 g/mol. The van der Waals surface area contributed by atoms with Crippen LogP contribution in [-0.4, -0.2) is 59.8 Å². The third-order valence-corrected chi connectivity index (χ3v) is 5.97. The summed E-state index contributed by atoms with van der Waals surface area (Å²) in [6.07, 6.45) is 5.55. The summed E-state index contributed by atoms with van der Waals surface area (Å²) in [7, 11) is 4.02. The van der Waals surface area contributed by atoms with Gasteiger partial charge in [0.2, 0.25) is 5.95 Å². The van der Waals surface area contributed by atoms with Crippen LogP contribution in [0.5, 0.6) is 5.75 Å². The Morgan fingerprint density at radius 2 is 2.03 bits per heavy atom. The average Bonchev–Trinajstić information content (AvgIpc) is 3.58. The molecule has 0 fully saturated rings. The van der Waals surface area contributed by atoms with E-state index in [9.17, 15) is 4.39 Å². The summed E-state index contributed by atoms with van der Waals surface area (Å²) in [5.74, 6) is 0.993. The minimum atomic E-state index is -0.264. The molecule has 0 amide bonds. The first kappa shape index (κ1) is 20.5. The summed E-state index contributed by atoms with van der Waals surface area (Å²) in [4.78, 5) is 11.2. The zero-order valence-corrected chi connectivity index (χ0v) is 18.7. The summed E-state index contributed by atoms with van der Waals surface area (Å²) in [6.45, 7) is 1.57. The first-order valence-electron chi connectivity index (χ1n) is 10.9. The molecule has 5 heterocycles. The molecule has 1 aliphatic heterocycles. The lowest BCUT2D eigenvalue weighted by molar-refractivity contribution is 0.356. The lowest BCUT2D eigenvalue weighted by Gasteiger charge is -2.14. The van der Waals surface area contributed by atoms with Crippen molar-refractivity contribution in [3.05, 3.63) is 65.8 Å². The van der Waals surface area contributed by atoms with Crippen molar-refractivity contribution in [1.29, 1.82) is 0 Å². The van der Waals surface area contributed by atoms with E-state index in [1.807, 2.05) is 30.7 Å². The molecular formula is C23H22FN9O. The van der Waals surface area contributed by atoms with Crippen LogP contribution in [0.3, 0.4) is 0 Å². The van der Waals surface area contributed by atoms with Crippen LogP contribution >= 0.6 is 0 Å². The first-order valence-corrected chi connectivity index (χ1v) is 10.9. The second-order valence-corrected chi connectivity index (χ2v) is 8.45. The van der Waals surface area contributed by atoms with Crippen LogP contribution in [0.1, 0.15) is 16.8 Å². The number of benzene rings is 1. The van der Waals surface area contributed by atoms with Crippen LogP contribution in [0.2, 0.25) is 0 Å². The number of pyridine rings is 1. The quantitative estimate of drug-likeness (QED) is 0.414. The molecule has 1 N–H and O–H groups in total. The van der Waals surface area contributed by atoms with Crippen molar-refractivity contribution >= 4 is 17.2 Å². The molecule has 0 bridgehead atoms. The lowest BCUT2D eigenvalue weighted by Crippen LogP contribution is -2.14. The Labute approximate surface area is 194 Å².